The molecule has 0 aliphatic carbocycles. The van der Waals surface area contributed by atoms with Crippen LogP contribution >= 0.6 is 77.4 Å². The lowest BCUT2D eigenvalue weighted by molar-refractivity contribution is -0.147. The van der Waals surface area contributed by atoms with Crippen LogP contribution < -0.4 is 40.2 Å². The van der Waals surface area contributed by atoms with Gasteiger partial charge in [0, 0.05) is 0 Å². The smallest absolute Gasteiger partial charge is 0.349 e. The number of carboxylic acids is 2. The van der Waals surface area contributed by atoms with Crippen molar-refractivity contribution in [2.24, 2.45) is 0 Å². The Balaban J connectivity index is 0.00000379. The van der Waals surface area contributed by atoms with Gasteiger partial charge >= 0.3 is 42.3 Å². The standard InChI is InChI=1S/C80H136N4O16P4S4.C3H4O4/c1-29-93-101(85,94-30-2)77(21,22)81-41-37-45-89-69-61-49-57(73(9,10)11)50-62(69)106-64-52-59(75(15,16)17)54-66(71(64)91-47-39-43-83-79(25,26)103(87,97-33-5)98-34-6)108-68-56-60(76(18,19)20)55-67(72(68)92-48-40-44-84-80(27,28)104(88,99-35-7)100-36-8)107-65-53-58(74(12,13)14)51-63(105-61)70(65)90-46-38-42-82-78(23,24)102(86,95-31-3)96-32-4;4-2(5)1-3(6)7/h49-56,81-84H,29-48H2,1-28H3;1H2,(H,4,5)(H,6,7). The largest absolute Gasteiger partial charge is 0.491 e. The van der Waals surface area contributed by atoms with E-state index in [-0.39, 0.29) is 101 Å². The molecule has 5 rings (SSSR count). The number of carboxylic acid groups (broad SMARTS) is 2. The second-order valence-electron chi connectivity index (χ2n) is 33.7. The molecular formula is C83H140N4O20P4S4. The van der Waals surface area contributed by atoms with Gasteiger partial charge in [0.05, 0.1) is 118 Å². The maximum Gasteiger partial charge on any atom is 0.349 e. The van der Waals surface area contributed by atoms with E-state index in [2.05, 4.69) is 153 Å². The van der Waals surface area contributed by atoms with Crippen molar-refractivity contribution in [1.29, 1.82) is 0 Å². The van der Waals surface area contributed by atoms with Crippen LogP contribution in [0.2, 0.25) is 0 Å². The van der Waals surface area contributed by atoms with E-state index >= 15 is 0 Å². The molecule has 0 fully saturated rings. The van der Waals surface area contributed by atoms with Crippen LogP contribution in [0.25, 0.3) is 0 Å². The highest BCUT2D eigenvalue weighted by Crippen LogP contribution is 2.63. The summed E-state index contributed by atoms with van der Waals surface area (Å²) in [6.07, 6.45) is 1.31. The maximum atomic E-state index is 14.3. The number of fused-ring (bicyclic) bond motifs is 8. The van der Waals surface area contributed by atoms with Crippen molar-refractivity contribution < 1.29 is 93.2 Å². The van der Waals surface area contributed by atoms with Crippen molar-refractivity contribution in [1.82, 2.24) is 21.3 Å². The minimum atomic E-state index is -3.57. The molecule has 8 bridgehead atoms. The van der Waals surface area contributed by atoms with E-state index in [1.807, 2.05) is 111 Å². The number of aliphatic carboxylic acids is 2. The monoisotopic (exact) mass is 1760 g/mol. The van der Waals surface area contributed by atoms with Crippen LogP contribution in [0.3, 0.4) is 0 Å². The predicted molar refractivity (Wildman–Crippen MR) is 469 cm³/mol. The van der Waals surface area contributed by atoms with Gasteiger partial charge in [0.15, 0.2) is 0 Å². The molecule has 0 saturated carbocycles. The number of ether oxygens (including phenoxy) is 4. The highest BCUT2D eigenvalue weighted by atomic mass is 32.2. The first kappa shape index (κ1) is 104. The zero-order valence-electron chi connectivity index (χ0n) is 74.1. The van der Waals surface area contributed by atoms with Crippen molar-refractivity contribution in [2.75, 3.05) is 105 Å². The van der Waals surface area contributed by atoms with Crippen molar-refractivity contribution in [3.8, 4) is 23.0 Å². The molecule has 0 aromatic heterocycles. The fourth-order valence-corrected chi connectivity index (χ4v) is 23.2. The van der Waals surface area contributed by atoms with Crippen LogP contribution in [-0.4, -0.2) is 149 Å². The quantitative estimate of drug-likeness (QED) is 0.0120. The molecule has 6 N–H and O–H groups in total. The van der Waals surface area contributed by atoms with E-state index in [1.54, 1.807) is 47.0 Å². The first-order valence-corrected chi connectivity index (χ1v) is 49.7. The number of rotatable bonds is 46. The van der Waals surface area contributed by atoms with Crippen molar-refractivity contribution in [3.05, 3.63) is 70.8 Å². The third-order valence-corrected chi connectivity index (χ3v) is 33.4. The summed E-state index contributed by atoms with van der Waals surface area (Å²) >= 11 is 6.43. The molecule has 0 amide bonds. The molecule has 4 aromatic carbocycles. The molecule has 0 spiro atoms. The summed E-state index contributed by atoms with van der Waals surface area (Å²) in [4.78, 5) is 25.8. The van der Waals surface area contributed by atoms with Gasteiger partial charge in [-0.25, -0.2) is 0 Å². The second kappa shape index (κ2) is 45.3. The van der Waals surface area contributed by atoms with Crippen LogP contribution in [0, 0.1) is 0 Å². The summed E-state index contributed by atoms with van der Waals surface area (Å²) in [5, 5.41) is 25.4. The number of hydrogen-bond donors (Lipinski definition) is 6. The van der Waals surface area contributed by atoms with Gasteiger partial charge in [-0.05, 0) is 255 Å². The van der Waals surface area contributed by atoms with Gasteiger partial charge in [-0.3, -0.25) is 27.8 Å². The predicted octanol–water partition coefficient (Wildman–Crippen LogP) is 22.8. The van der Waals surface area contributed by atoms with Gasteiger partial charge in [0.1, 0.15) is 50.5 Å². The number of carbonyl (C=O) groups is 2. The summed E-state index contributed by atoms with van der Waals surface area (Å²) in [5.41, 5.74) is 2.90. The SMILES string of the molecule is CCOP(=O)(OCC)C(C)(C)NCCCOc1c2cc(C(C)(C)C)cc1Sc1cc(C(C)(C)C)cc(c1OCCCNC(C)(C)P(=O)(OCC)OCC)Sc1cc(C(C)(C)C)cc(c1OCCCNC(C)(C)P(=O)(OCC)OCC)Sc1cc(C(C)(C)C)cc(c1OCCCNC(C)(C)P(=O)(OCC)OCC)S2.O=C(O)CC(=O)O. The van der Waals surface area contributed by atoms with Crippen LogP contribution in [-0.2, 0) is 85.7 Å². The summed E-state index contributed by atoms with van der Waals surface area (Å²) in [7, 11) is -14.3. The molecular weight excluding hydrogens is 1630 g/mol. The molecule has 1 aliphatic heterocycles. The molecule has 1 heterocycles. The molecule has 32 heteroatoms. The molecule has 115 heavy (non-hydrogen) atoms. The topological polar surface area (TPSA) is 302 Å². The number of nitrogens with one attached hydrogen (secondary N) is 4. The lowest BCUT2D eigenvalue weighted by Gasteiger charge is -2.33. The van der Waals surface area contributed by atoms with Gasteiger partial charge in [-0.1, -0.05) is 130 Å². The van der Waals surface area contributed by atoms with E-state index in [0.717, 1.165) is 61.4 Å². The Morgan fingerprint density at radius 3 is 0.557 bits per heavy atom. The molecule has 0 radical (unpaired) electrons. The third-order valence-electron chi connectivity index (χ3n) is 18.4. The van der Waals surface area contributed by atoms with Gasteiger partial charge in [0.25, 0.3) is 0 Å². The molecule has 0 atom stereocenters. The van der Waals surface area contributed by atoms with E-state index < -0.39 is 69.9 Å². The molecule has 0 unspecified atom stereocenters. The first-order chi connectivity index (χ1) is 53.3. The summed E-state index contributed by atoms with van der Waals surface area (Å²) < 4.78 is 133. The Kier molecular flexibility index (Phi) is 41.0. The number of benzene rings is 4. The van der Waals surface area contributed by atoms with Gasteiger partial charge in [-0.15, -0.1) is 0 Å². The summed E-state index contributed by atoms with van der Waals surface area (Å²) in [5.74, 6) is 0.0691. The Hall–Kier alpha value is -3.14. The van der Waals surface area contributed by atoms with E-state index in [9.17, 15) is 27.8 Å². The highest BCUT2D eigenvalue weighted by Gasteiger charge is 2.47. The molecule has 0 saturated heterocycles. The van der Waals surface area contributed by atoms with E-state index in [4.69, 9.17) is 65.4 Å². The van der Waals surface area contributed by atoms with Gasteiger partial charge < -0.3 is 86.6 Å². The highest BCUT2D eigenvalue weighted by molar-refractivity contribution is 8.01. The fourth-order valence-electron chi connectivity index (χ4n) is 11.6. The van der Waals surface area contributed by atoms with Crippen molar-refractivity contribution in [2.45, 2.75) is 308 Å². The molecule has 1 aliphatic rings. The van der Waals surface area contributed by atoms with Crippen LogP contribution in [0.5, 0.6) is 23.0 Å². The first-order valence-electron chi connectivity index (χ1n) is 40.3. The van der Waals surface area contributed by atoms with E-state index in [1.165, 1.54) is 0 Å². The number of hydrogen-bond acceptors (Lipinski definition) is 26. The van der Waals surface area contributed by atoms with Gasteiger partial charge in [-0.2, -0.15) is 0 Å². The third kappa shape index (κ3) is 30.1. The summed E-state index contributed by atoms with van der Waals surface area (Å²) in [6.45, 7) is 60.9. The Labute approximate surface area is 706 Å². The van der Waals surface area contributed by atoms with Crippen LogP contribution in [0.4, 0.5) is 0 Å². The lowest BCUT2D eigenvalue weighted by atomic mass is 9.87. The minimum Gasteiger partial charge on any atom is -0.491 e. The zero-order valence-corrected chi connectivity index (χ0v) is 81.0. The molecule has 656 valence electrons. The Morgan fingerprint density at radius 1 is 0.296 bits per heavy atom. The molecule has 4 aromatic rings. The molecule has 24 nitrogen and oxygen atoms in total. The van der Waals surface area contributed by atoms with Crippen molar-refractivity contribution in [3.63, 3.8) is 0 Å². The van der Waals surface area contributed by atoms with Crippen LogP contribution in [0.1, 0.15) is 248 Å². The summed E-state index contributed by atoms with van der Waals surface area (Å²) in [6, 6.07) is 18.1. The minimum absolute atomic E-state index is 0.234. The average molecular weight is 1770 g/mol. The van der Waals surface area contributed by atoms with Crippen LogP contribution in [0.15, 0.2) is 87.7 Å². The maximum absolute atomic E-state index is 14.3. The van der Waals surface area contributed by atoms with Gasteiger partial charge in [0.2, 0.25) is 0 Å². The van der Waals surface area contributed by atoms with Crippen molar-refractivity contribution >= 4 is 89.4 Å². The Morgan fingerprint density at radius 2 is 0.443 bits per heavy atom. The lowest BCUT2D eigenvalue weighted by Crippen LogP contribution is -2.41. The average Bonchev–Trinajstić information content (AvgIpc) is 0.754. The Bertz CT molecular complexity index is 3380. The zero-order chi connectivity index (χ0) is 87.0. The van der Waals surface area contributed by atoms with E-state index in [0.29, 0.717) is 74.9 Å². The fraction of sp³-hybridized carbons (Fsp3) is 0.687. The second-order valence-corrected chi connectivity index (χ2v) is 48.5. The normalized spacial score (nSPS) is 13.8.